The number of rotatable bonds is 16. The number of methoxy groups -OCH3 is 2. The monoisotopic (exact) mass is 499 g/mol. The molecule has 2 rings (SSSR count). The quantitative estimate of drug-likeness (QED) is 0.168. The van der Waals surface area contributed by atoms with E-state index in [1.165, 1.54) is 32.1 Å². The molecule has 2 unspecified atom stereocenters. The van der Waals surface area contributed by atoms with Crippen molar-refractivity contribution in [2.75, 3.05) is 48.5 Å². The second-order valence-corrected chi connectivity index (χ2v) is 10.7. The number of quaternary nitrogens is 1. The van der Waals surface area contributed by atoms with Crippen LogP contribution in [0.4, 0.5) is 0 Å². The first-order chi connectivity index (χ1) is 17.2. The van der Waals surface area contributed by atoms with Crippen molar-refractivity contribution in [3.8, 4) is 5.75 Å². The van der Waals surface area contributed by atoms with Crippen LogP contribution in [0.5, 0.6) is 5.75 Å². The van der Waals surface area contributed by atoms with Gasteiger partial charge in [0.05, 0.1) is 58.9 Å². The van der Waals surface area contributed by atoms with E-state index in [0.29, 0.717) is 24.3 Å². The van der Waals surface area contributed by atoms with Gasteiger partial charge in [0, 0.05) is 19.2 Å². The van der Waals surface area contributed by atoms with Gasteiger partial charge in [-0.2, -0.15) is 0 Å². The molecule has 0 radical (unpaired) electrons. The van der Waals surface area contributed by atoms with Gasteiger partial charge >= 0.3 is 0 Å². The van der Waals surface area contributed by atoms with Crippen LogP contribution in [0.2, 0.25) is 0 Å². The minimum atomic E-state index is -0.538. The van der Waals surface area contributed by atoms with E-state index in [1.807, 2.05) is 35.3 Å². The van der Waals surface area contributed by atoms with Crippen LogP contribution < -0.4 is 4.74 Å². The predicted molar refractivity (Wildman–Crippen MR) is 146 cm³/mol. The number of amides is 1. The lowest BCUT2D eigenvalue weighted by Crippen LogP contribution is -2.44. The summed E-state index contributed by atoms with van der Waals surface area (Å²) in [5.41, 5.74) is 1.29. The molecule has 200 valence electrons. The largest absolute Gasteiger partial charge is 0.496 e. The second-order valence-electron chi connectivity index (χ2n) is 10.7. The number of hydrogen-bond acceptors (Lipinski definition) is 4. The summed E-state index contributed by atoms with van der Waals surface area (Å²) in [5, 5.41) is 0. The summed E-state index contributed by atoms with van der Waals surface area (Å²) >= 11 is 0. The van der Waals surface area contributed by atoms with Gasteiger partial charge in [0.25, 0.3) is 0 Å². The Labute approximate surface area is 218 Å². The fourth-order valence-corrected chi connectivity index (χ4v) is 4.47. The standard InChI is InChI=1S/C30H47N2O4/c1-7-8-9-10-11-12-13-18-29(33)31(21-22-32(2,3)4)24-19-20-28(36-6)26(23-24)30(34)25-16-14-15-17-27(25)35-5/h14-17,19-20,23,26,28H,7-13,18,21-22H2,1-6H3/q+1. The average molecular weight is 500 g/mol. The molecule has 0 fully saturated rings. The van der Waals surface area contributed by atoms with Crippen molar-refractivity contribution < 1.29 is 23.5 Å². The fourth-order valence-electron chi connectivity index (χ4n) is 4.47. The number of ketones is 1. The molecule has 2 atom stereocenters. The van der Waals surface area contributed by atoms with Gasteiger partial charge in [0.15, 0.2) is 5.78 Å². The Balaban J connectivity index is 2.21. The van der Waals surface area contributed by atoms with E-state index < -0.39 is 12.0 Å². The Bertz CT molecular complexity index is 900. The van der Waals surface area contributed by atoms with Crippen molar-refractivity contribution >= 4 is 11.7 Å². The first-order valence-electron chi connectivity index (χ1n) is 13.4. The molecule has 6 heteroatoms. The van der Waals surface area contributed by atoms with Gasteiger partial charge in [-0.05, 0) is 30.7 Å². The van der Waals surface area contributed by atoms with Crippen LogP contribution in [0.15, 0.2) is 48.2 Å². The summed E-state index contributed by atoms with van der Waals surface area (Å²) in [6.45, 7) is 3.64. The van der Waals surface area contributed by atoms with Crippen LogP contribution in [0.1, 0.15) is 68.6 Å². The van der Waals surface area contributed by atoms with E-state index in [-0.39, 0.29) is 11.7 Å². The van der Waals surface area contributed by atoms with Crippen molar-refractivity contribution in [3.63, 3.8) is 0 Å². The van der Waals surface area contributed by atoms with Crippen molar-refractivity contribution in [1.29, 1.82) is 0 Å². The van der Waals surface area contributed by atoms with Gasteiger partial charge in [-0.3, -0.25) is 9.59 Å². The van der Waals surface area contributed by atoms with Crippen LogP contribution in [0, 0.1) is 5.92 Å². The van der Waals surface area contributed by atoms with E-state index in [0.717, 1.165) is 29.6 Å². The van der Waals surface area contributed by atoms with Gasteiger partial charge in [0.2, 0.25) is 5.91 Å². The van der Waals surface area contributed by atoms with Gasteiger partial charge < -0.3 is 18.9 Å². The highest BCUT2D eigenvalue weighted by atomic mass is 16.5. The molecule has 0 N–H and O–H groups in total. The third-order valence-electron chi connectivity index (χ3n) is 6.71. The maximum atomic E-state index is 13.6. The first kappa shape index (κ1) is 29.8. The molecule has 0 bridgehead atoms. The lowest BCUT2D eigenvalue weighted by molar-refractivity contribution is -0.869. The molecule has 0 spiro atoms. The molecule has 1 aliphatic carbocycles. The van der Waals surface area contributed by atoms with E-state index in [2.05, 4.69) is 28.1 Å². The number of allylic oxidation sites excluding steroid dienone is 1. The molecule has 1 aliphatic rings. The van der Waals surface area contributed by atoms with Gasteiger partial charge in [0.1, 0.15) is 5.75 Å². The van der Waals surface area contributed by atoms with Crippen molar-refractivity contribution in [1.82, 2.24) is 4.90 Å². The highest BCUT2D eigenvalue weighted by molar-refractivity contribution is 6.02. The molecule has 0 aromatic heterocycles. The smallest absolute Gasteiger partial charge is 0.227 e. The maximum absolute atomic E-state index is 13.6. The SMILES string of the molecule is CCCCCCCCCC(=O)N(CC[N+](C)(C)C)C1=CC(C(=O)c2ccccc2OC)C(OC)C=C1. The molecule has 0 saturated heterocycles. The van der Waals surface area contributed by atoms with E-state index in [9.17, 15) is 9.59 Å². The number of carbonyl (C=O) groups excluding carboxylic acids is 2. The zero-order valence-electron chi connectivity index (χ0n) is 23.3. The summed E-state index contributed by atoms with van der Waals surface area (Å²) in [6.07, 6.45) is 14.1. The molecule has 0 aliphatic heterocycles. The Hall–Kier alpha value is -2.44. The van der Waals surface area contributed by atoms with E-state index in [4.69, 9.17) is 9.47 Å². The molecule has 1 aromatic rings. The molecule has 0 saturated carbocycles. The average Bonchev–Trinajstić information content (AvgIpc) is 2.87. The predicted octanol–water partition coefficient (Wildman–Crippen LogP) is 5.64. The Morgan fingerprint density at radius 2 is 1.64 bits per heavy atom. The Kier molecular flexibility index (Phi) is 12.4. The molecule has 6 nitrogen and oxygen atoms in total. The summed E-state index contributed by atoms with van der Waals surface area (Å²) in [5.74, 6) is 0.0440. The highest BCUT2D eigenvalue weighted by Gasteiger charge is 2.32. The van der Waals surface area contributed by atoms with Gasteiger partial charge in [-0.1, -0.05) is 63.7 Å². The van der Waals surface area contributed by atoms with Gasteiger partial charge in [-0.25, -0.2) is 0 Å². The maximum Gasteiger partial charge on any atom is 0.227 e. The van der Waals surface area contributed by atoms with Crippen molar-refractivity contribution in [2.45, 2.75) is 64.4 Å². The van der Waals surface area contributed by atoms with Crippen LogP contribution in [-0.2, 0) is 9.53 Å². The second kappa shape index (κ2) is 15.0. The van der Waals surface area contributed by atoms with Gasteiger partial charge in [-0.15, -0.1) is 0 Å². The summed E-state index contributed by atoms with van der Waals surface area (Å²) in [4.78, 5) is 28.8. The lowest BCUT2D eigenvalue weighted by Gasteiger charge is -2.32. The third kappa shape index (κ3) is 9.21. The fraction of sp³-hybridized carbons (Fsp3) is 0.600. The summed E-state index contributed by atoms with van der Waals surface area (Å²) in [7, 11) is 9.55. The third-order valence-corrected chi connectivity index (χ3v) is 6.71. The Morgan fingerprint density at radius 3 is 2.28 bits per heavy atom. The van der Waals surface area contributed by atoms with Crippen molar-refractivity contribution in [3.05, 3.63) is 53.8 Å². The van der Waals surface area contributed by atoms with E-state index in [1.54, 1.807) is 26.4 Å². The number of carbonyl (C=O) groups is 2. The molecule has 1 aromatic carbocycles. The number of unbranched alkanes of at least 4 members (excludes halogenated alkanes) is 6. The minimum Gasteiger partial charge on any atom is -0.496 e. The number of para-hydroxylation sites is 1. The first-order valence-corrected chi connectivity index (χ1v) is 13.4. The highest BCUT2D eigenvalue weighted by Crippen LogP contribution is 2.29. The van der Waals surface area contributed by atoms with Crippen LogP contribution in [0.25, 0.3) is 0 Å². The Morgan fingerprint density at radius 1 is 0.972 bits per heavy atom. The molecular weight excluding hydrogens is 452 g/mol. The number of likely N-dealkylation sites (N-methyl/N-ethyl adjacent to an activating group) is 1. The number of hydrogen-bond donors (Lipinski definition) is 0. The summed E-state index contributed by atoms with van der Waals surface area (Å²) < 4.78 is 11.8. The normalized spacial score (nSPS) is 17.6. The topological polar surface area (TPSA) is 55.8 Å². The molecule has 36 heavy (non-hydrogen) atoms. The van der Waals surface area contributed by atoms with Crippen LogP contribution in [0.3, 0.4) is 0 Å². The number of benzene rings is 1. The number of nitrogens with zero attached hydrogens (tertiary/aromatic N) is 2. The lowest BCUT2D eigenvalue weighted by atomic mass is 9.87. The summed E-state index contributed by atoms with van der Waals surface area (Å²) in [6, 6.07) is 7.25. The molecular formula is C30H47N2O4+. The minimum absolute atomic E-state index is 0.0766. The number of Topliss-reactive ketones (excluding diaryl/α,β-unsaturated/α-hetero) is 1. The van der Waals surface area contributed by atoms with Crippen LogP contribution in [-0.4, -0.2) is 75.6 Å². The van der Waals surface area contributed by atoms with E-state index >= 15 is 0 Å². The van der Waals surface area contributed by atoms with Crippen molar-refractivity contribution in [2.24, 2.45) is 5.92 Å². The van der Waals surface area contributed by atoms with Crippen LogP contribution >= 0.6 is 0 Å². The number of ether oxygens (including phenoxy) is 2. The molecule has 0 heterocycles. The zero-order valence-corrected chi connectivity index (χ0v) is 23.3. The zero-order chi connectivity index (χ0) is 26.6. The molecule has 1 amide bonds.